The topological polar surface area (TPSA) is 91.4 Å². The van der Waals surface area contributed by atoms with Crippen molar-refractivity contribution in [2.75, 3.05) is 19.9 Å². The van der Waals surface area contributed by atoms with E-state index >= 15 is 0 Å². The van der Waals surface area contributed by atoms with Gasteiger partial charge in [-0.2, -0.15) is 4.31 Å². The number of nitrogens with zero attached hydrogens (tertiary/aromatic N) is 1. The molecule has 0 bridgehead atoms. The highest BCUT2D eigenvalue weighted by Crippen LogP contribution is 2.35. The number of esters is 1. The fourth-order valence-corrected chi connectivity index (χ4v) is 5.49. The molecule has 2 aliphatic rings. The maximum atomic E-state index is 13.2. The van der Waals surface area contributed by atoms with E-state index in [4.69, 9.17) is 30.5 Å². The van der Waals surface area contributed by atoms with Crippen LogP contribution in [0.2, 0.25) is 5.02 Å². The Morgan fingerprint density at radius 3 is 2.50 bits per heavy atom. The summed E-state index contributed by atoms with van der Waals surface area (Å²) in [5.74, 6) is 0.559. The Balaban J connectivity index is 1.59. The molecule has 2 unspecified atom stereocenters. The van der Waals surface area contributed by atoms with E-state index in [0.29, 0.717) is 11.5 Å². The highest BCUT2D eigenvalue weighted by molar-refractivity contribution is 7.89. The van der Waals surface area contributed by atoms with Crippen LogP contribution in [0.25, 0.3) is 0 Å². The third-order valence-corrected chi connectivity index (χ3v) is 7.04. The minimum atomic E-state index is -3.92. The van der Waals surface area contributed by atoms with Crippen LogP contribution < -0.4 is 14.2 Å². The van der Waals surface area contributed by atoms with Gasteiger partial charge in [0.2, 0.25) is 16.8 Å². The number of halogens is 1. The van der Waals surface area contributed by atoms with E-state index < -0.39 is 16.0 Å². The first-order valence-electron chi connectivity index (χ1n) is 9.31. The van der Waals surface area contributed by atoms with E-state index in [0.717, 1.165) is 0 Å². The lowest BCUT2D eigenvalue weighted by Gasteiger charge is -2.34. The number of ether oxygens (including phenoxy) is 4. The third kappa shape index (κ3) is 4.11. The summed E-state index contributed by atoms with van der Waals surface area (Å²) in [5, 5.41) is 0.0291. The number of carbonyl (C=O) groups is 1. The minimum absolute atomic E-state index is 0.0291. The van der Waals surface area contributed by atoms with Gasteiger partial charge in [0.1, 0.15) is 10.6 Å². The summed E-state index contributed by atoms with van der Waals surface area (Å²) in [6.07, 6.45) is -0.497. The molecule has 2 aromatic carbocycles. The van der Waals surface area contributed by atoms with Gasteiger partial charge in [-0.1, -0.05) is 11.6 Å². The van der Waals surface area contributed by atoms with Crippen molar-refractivity contribution in [2.24, 2.45) is 0 Å². The van der Waals surface area contributed by atoms with Crippen molar-refractivity contribution in [1.82, 2.24) is 4.31 Å². The Morgan fingerprint density at radius 1 is 1.07 bits per heavy atom. The van der Waals surface area contributed by atoms with Gasteiger partial charge in [-0.25, -0.2) is 13.2 Å². The summed E-state index contributed by atoms with van der Waals surface area (Å²) in [6.45, 7) is 4.12. The summed E-state index contributed by atoms with van der Waals surface area (Å²) in [7, 11) is -3.92. The molecule has 0 saturated carbocycles. The van der Waals surface area contributed by atoms with Crippen molar-refractivity contribution in [1.29, 1.82) is 0 Å². The Labute approximate surface area is 179 Å². The Hall–Kier alpha value is -2.33. The monoisotopic (exact) mass is 453 g/mol. The van der Waals surface area contributed by atoms with Gasteiger partial charge in [0.15, 0.2) is 11.5 Å². The van der Waals surface area contributed by atoms with Crippen LogP contribution in [0.1, 0.15) is 24.2 Å². The van der Waals surface area contributed by atoms with Gasteiger partial charge in [-0.15, -0.1) is 0 Å². The molecule has 0 radical (unpaired) electrons. The SMILES string of the molecule is CC1CN(S(=O)(=O)c2cc(C(=O)Oc3ccc4c(c3)OCO4)ccc2Cl)CC(C)O1. The molecule has 1 fully saturated rings. The van der Waals surface area contributed by atoms with Gasteiger partial charge < -0.3 is 18.9 Å². The van der Waals surface area contributed by atoms with Gasteiger partial charge >= 0.3 is 5.97 Å². The molecule has 0 N–H and O–H groups in total. The number of fused-ring (bicyclic) bond motifs is 1. The second kappa shape index (κ2) is 8.07. The molecule has 0 spiro atoms. The van der Waals surface area contributed by atoms with Gasteiger partial charge in [0.05, 0.1) is 22.8 Å². The van der Waals surface area contributed by atoms with Crippen molar-refractivity contribution in [3.8, 4) is 17.2 Å². The molecular weight excluding hydrogens is 434 g/mol. The van der Waals surface area contributed by atoms with Crippen LogP contribution in [-0.4, -0.2) is 50.8 Å². The molecular formula is C20H20ClNO7S. The molecule has 2 aromatic rings. The lowest BCUT2D eigenvalue weighted by molar-refractivity contribution is -0.0440. The van der Waals surface area contributed by atoms with Crippen LogP contribution in [-0.2, 0) is 14.8 Å². The van der Waals surface area contributed by atoms with Crippen molar-refractivity contribution in [3.05, 3.63) is 47.0 Å². The maximum absolute atomic E-state index is 13.2. The Bertz CT molecular complexity index is 1080. The average Bonchev–Trinajstić information content (AvgIpc) is 3.15. The maximum Gasteiger partial charge on any atom is 0.343 e. The van der Waals surface area contributed by atoms with E-state index in [1.165, 1.54) is 28.6 Å². The first-order chi connectivity index (χ1) is 14.2. The van der Waals surface area contributed by atoms with Gasteiger partial charge in [0.25, 0.3) is 0 Å². The fourth-order valence-electron chi connectivity index (χ4n) is 3.40. The normalized spacial score (nSPS) is 21.4. The predicted molar refractivity (Wildman–Crippen MR) is 108 cm³/mol. The minimum Gasteiger partial charge on any atom is -0.454 e. The zero-order valence-electron chi connectivity index (χ0n) is 16.3. The summed E-state index contributed by atoms with van der Waals surface area (Å²) in [6, 6.07) is 8.75. The first-order valence-corrected chi connectivity index (χ1v) is 11.1. The standard InChI is InChI=1S/C20H20ClNO7S/c1-12-9-22(10-13(2)28-12)30(24,25)19-7-14(3-5-16(19)21)20(23)29-15-4-6-17-18(8-15)27-11-26-17/h3-8,12-13H,9-11H2,1-2H3. The molecule has 0 amide bonds. The molecule has 160 valence electrons. The molecule has 0 aromatic heterocycles. The Kier molecular flexibility index (Phi) is 5.63. The van der Waals surface area contributed by atoms with Crippen LogP contribution in [0, 0.1) is 0 Å². The summed E-state index contributed by atoms with van der Waals surface area (Å²) in [4.78, 5) is 12.5. The zero-order chi connectivity index (χ0) is 21.5. The van der Waals surface area contributed by atoms with Crippen LogP contribution in [0.3, 0.4) is 0 Å². The van der Waals surface area contributed by atoms with Crippen LogP contribution in [0.15, 0.2) is 41.3 Å². The first kappa shape index (κ1) is 20.9. The quantitative estimate of drug-likeness (QED) is 0.519. The van der Waals surface area contributed by atoms with Crippen molar-refractivity contribution >= 4 is 27.6 Å². The third-order valence-electron chi connectivity index (χ3n) is 4.73. The van der Waals surface area contributed by atoms with Crippen LogP contribution in [0.4, 0.5) is 0 Å². The summed E-state index contributed by atoms with van der Waals surface area (Å²) in [5.41, 5.74) is 0.0602. The highest BCUT2D eigenvalue weighted by Gasteiger charge is 2.34. The van der Waals surface area contributed by atoms with Gasteiger partial charge in [0, 0.05) is 19.2 Å². The number of rotatable bonds is 4. The smallest absolute Gasteiger partial charge is 0.343 e. The van der Waals surface area contributed by atoms with Gasteiger partial charge in [-0.05, 0) is 44.2 Å². The number of hydrogen-bond donors (Lipinski definition) is 0. The molecule has 8 nitrogen and oxygen atoms in total. The average molecular weight is 454 g/mol. The van der Waals surface area contributed by atoms with E-state index in [2.05, 4.69) is 0 Å². The lowest BCUT2D eigenvalue weighted by Crippen LogP contribution is -2.48. The second-order valence-corrected chi connectivity index (χ2v) is 9.44. The van der Waals surface area contributed by atoms with E-state index in [-0.39, 0.29) is 53.3 Å². The largest absolute Gasteiger partial charge is 0.454 e. The molecule has 30 heavy (non-hydrogen) atoms. The summed E-state index contributed by atoms with van der Waals surface area (Å²) < 4.78 is 49.1. The summed E-state index contributed by atoms with van der Waals surface area (Å²) >= 11 is 6.18. The fraction of sp³-hybridized carbons (Fsp3) is 0.350. The number of morpholine rings is 1. The van der Waals surface area contributed by atoms with Crippen LogP contribution >= 0.6 is 11.6 Å². The number of hydrogen-bond acceptors (Lipinski definition) is 7. The molecule has 0 aliphatic carbocycles. The van der Waals surface area contributed by atoms with Gasteiger partial charge in [-0.3, -0.25) is 0 Å². The number of carbonyl (C=O) groups excluding carboxylic acids is 1. The Morgan fingerprint density at radius 2 is 1.77 bits per heavy atom. The van der Waals surface area contributed by atoms with Crippen molar-refractivity contribution < 1.29 is 32.2 Å². The molecule has 4 rings (SSSR count). The second-order valence-electron chi connectivity index (χ2n) is 7.13. The van der Waals surface area contributed by atoms with E-state index in [1.807, 2.05) is 0 Å². The van der Waals surface area contributed by atoms with Crippen molar-refractivity contribution in [2.45, 2.75) is 31.0 Å². The van der Waals surface area contributed by atoms with Crippen LogP contribution in [0.5, 0.6) is 17.2 Å². The van der Waals surface area contributed by atoms with E-state index in [9.17, 15) is 13.2 Å². The van der Waals surface area contributed by atoms with E-state index in [1.54, 1.807) is 26.0 Å². The number of sulfonamides is 1. The molecule has 1 saturated heterocycles. The molecule has 2 atom stereocenters. The molecule has 2 heterocycles. The zero-order valence-corrected chi connectivity index (χ0v) is 17.9. The predicted octanol–water partition coefficient (Wildman–Crippen LogP) is 3.09. The van der Waals surface area contributed by atoms with Crippen molar-refractivity contribution in [3.63, 3.8) is 0 Å². The number of benzene rings is 2. The molecule has 2 aliphatic heterocycles. The lowest BCUT2D eigenvalue weighted by atomic mass is 10.2. The molecule has 10 heteroatoms. The highest BCUT2D eigenvalue weighted by atomic mass is 35.5.